The molecule has 1 rings (SSSR count). The number of hydrogen-bond donors (Lipinski definition) is 2. The molecule has 1 amide bonds. The number of hydrogen-bond acceptors (Lipinski definition) is 4. The molecule has 1 aromatic rings. The smallest absolute Gasteiger partial charge is 0.252 e. The van der Waals surface area contributed by atoms with Crippen molar-refractivity contribution in [2.75, 3.05) is 18.9 Å². The predicted octanol–water partition coefficient (Wildman–Crippen LogP) is 1.97. The Morgan fingerprint density at radius 2 is 2.28 bits per heavy atom. The Balaban J connectivity index is 2.69. The molecule has 100 valence electrons. The highest BCUT2D eigenvalue weighted by Crippen LogP contribution is 2.17. The summed E-state index contributed by atoms with van der Waals surface area (Å²) < 4.78 is 6.12. The second-order valence-electron chi connectivity index (χ2n) is 4.46. The van der Waals surface area contributed by atoms with Gasteiger partial charge in [-0.15, -0.1) is 0 Å². The minimum atomic E-state index is -0.393. The first-order chi connectivity index (χ1) is 8.35. The molecule has 1 aromatic heterocycles. The third kappa shape index (κ3) is 4.27. The molecule has 0 aliphatic rings. The van der Waals surface area contributed by atoms with E-state index in [9.17, 15) is 4.79 Å². The molecule has 3 N–H and O–H groups in total. The lowest BCUT2D eigenvalue weighted by atomic mass is 10.1. The van der Waals surface area contributed by atoms with E-state index in [0.29, 0.717) is 29.0 Å². The van der Waals surface area contributed by atoms with Crippen molar-refractivity contribution in [3.05, 3.63) is 22.3 Å². The van der Waals surface area contributed by atoms with Crippen LogP contribution in [-0.2, 0) is 4.74 Å². The number of rotatable bonds is 5. The zero-order valence-electron chi connectivity index (χ0n) is 10.8. The van der Waals surface area contributed by atoms with Crippen molar-refractivity contribution in [3.63, 3.8) is 0 Å². The SMILES string of the molecule is CCOC(C)(C)CNC(=O)c1cc(N)ncc1Br. The summed E-state index contributed by atoms with van der Waals surface area (Å²) in [7, 11) is 0. The highest BCUT2D eigenvalue weighted by atomic mass is 79.9. The number of carbonyl (C=O) groups is 1. The Morgan fingerprint density at radius 3 is 2.89 bits per heavy atom. The van der Waals surface area contributed by atoms with Gasteiger partial charge in [0.25, 0.3) is 5.91 Å². The molecule has 0 atom stereocenters. The number of aromatic nitrogens is 1. The molecule has 0 aromatic carbocycles. The van der Waals surface area contributed by atoms with Crippen molar-refractivity contribution in [2.45, 2.75) is 26.4 Å². The van der Waals surface area contributed by atoms with Crippen LogP contribution in [-0.4, -0.2) is 29.6 Å². The largest absolute Gasteiger partial charge is 0.384 e. The topological polar surface area (TPSA) is 77.2 Å². The zero-order valence-corrected chi connectivity index (χ0v) is 12.4. The Bertz CT molecular complexity index is 435. The summed E-state index contributed by atoms with van der Waals surface area (Å²) in [5, 5.41) is 2.81. The Kier molecular flexibility index (Phi) is 5.10. The van der Waals surface area contributed by atoms with Crippen LogP contribution in [0.1, 0.15) is 31.1 Å². The molecule has 0 aliphatic heterocycles. The summed E-state index contributed by atoms with van der Waals surface area (Å²) in [6.45, 7) is 6.80. The monoisotopic (exact) mass is 315 g/mol. The van der Waals surface area contributed by atoms with Crippen LogP contribution in [0.5, 0.6) is 0 Å². The number of ether oxygens (including phenoxy) is 1. The van der Waals surface area contributed by atoms with E-state index in [-0.39, 0.29) is 5.91 Å². The van der Waals surface area contributed by atoms with E-state index < -0.39 is 5.60 Å². The number of nitrogens with two attached hydrogens (primary N) is 1. The highest BCUT2D eigenvalue weighted by Gasteiger charge is 2.20. The van der Waals surface area contributed by atoms with Crippen molar-refractivity contribution < 1.29 is 9.53 Å². The summed E-state index contributed by atoms with van der Waals surface area (Å²) in [5.41, 5.74) is 5.63. The van der Waals surface area contributed by atoms with Crippen LogP contribution in [0.15, 0.2) is 16.7 Å². The van der Waals surface area contributed by atoms with Gasteiger partial charge in [0.15, 0.2) is 0 Å². The Labute approximate surface area is 115 Å². The summed E-state index contributed by atoms with van der Waals surface area (Å²) >= 11 is 3.27. The lowest BCUT2D eigenvalue weighted by molar-refractivity contribution is -0.00815. The van der Waals surface area contributed by atoms with E-state index in [1.807, 2.05) is 20.8 Å². The van der Waals surface area contributed by atoms with E-state index in [1.54, 1.807) is 0 Å². The average Bonchev–Trinajstić information content (AvgIpc) is 2.29. The lowest BCUT2D eigenvalue weighted by Crippen LogP contribution is -2.40. The van der Waals surface area contributed by atoms with E-state index in [4.69, 9.17) is 10.5 Å². The molecule has 0 fully saturated rings. The number of pyridine rings is 1. The molecular weight excluding hydrogens is 298 g/mol. The van der Waals surface area contributed by atoms with E-state index in [2.05, 4.69) is 26.2 Å². The highest BCUT2D eigenvalue weighted by molar-refractivity contribution is 9.10. The van der Waals surface area contributed by atoms with Crippen LogP contribution in [0, 0.1) is 0 Å². The summed E-state index contributed by atoms with van der Waals surface area (Å²) in [5.74, 6) is 0.108. The molecule has 6 heteroatoms. The maximum atomic E-state index is 12.0. The molecule has 5 nitrogen and oxygen atoms in total. The van der Waals surface area contributed by atoms with Crippen LogP contribution in [0.25, 0.3) is 0 Å². The van der Waals surface area contributed by atoms with E-state index in [1.165, 1.54) is 12.3 Å². The predicted molar refractivity (Wildman–Crippen MR) is 74.4 cm³/mol. The molecule has 0 radical (unpaired) electrons. The van der Waals surface area contributed by atoms with Gasteiger partial charge in [-0.1, -0.05) is 0 Å². The van der Waals surface area contributed by atoms with Crippen molar-refractivity contribution >= 4 is 27.7 Å². The quantitative estimate of drug-likeness (QED) is 0.871. The molecule has 0 spiro atoms. The number of halogens is 1. The number of nitrogens with zero attached hydrogens (tertiary/aromatic N) is 1. The number of nitrogens with one attached hydrogen (secondary N) is 1. The Morgan fingerprint density at radius 1 is 1.61 bits per heavy atom. The number of anilines is 1. The van der Waals surface area contributed by atoms with Crippen molar-refractivity contribution in [3.8, 4) is 0 Å². The van der Waals surface area contributed by atoms with Gasteiger partial charge in [-0.3, -0.25) is 4.79 Å². The van der Waals surface area contributed by atoms with Crippen LogP contribution >= 0.6 is 15.9 Å². The fourth-order valence-corrected chi connectivity index (χ4v) is 1.86. The minimum absolute atomic E-state index is 0.205. The van der Waals surface area contributed by atoms with Crippen LogP contribution in [0.4, 0.5) is 5.82 Å². The molecular formula is C12H18BrN3O2. The molecule has 0 saturated carbocycles. The zero-order chi connectivity index (χ0) is 13.8. The fraction of sp³-hybridized carbons (Fsp3) is 0.500. The standard InChI is InChI=1S/C12H18BrN3O2/c1-4-18-12(2,3)7-16-11(17)8-5-10(14)15-6-9(8)13/h5-6H,4,7H2,1-3H3,(H2,14,15)(H,16,17). The molecule has 18 heavy (non-hydrogen) atoms. The third-order valence-corrected chi connectivity index (χ3v) is 2.96. The van der Waals surface area contributed by atoms with E-state index >= 15 is 0 Å². The molecule has 0 unspecified atom stereocenters. The van der Waals surface area contributed by atoms with E-state index in [0.717, 1.165) is 0 Å². The van der Waals surface area contributed by atoms with Crippen LogP contribution < -0.4 is 11.1 Å². The number of amides is 1. The maximum Gasteiger partial charge on any atom is 0.252 e. The number of nitrogen functional groups attached to an aromatic ring is 1. The van der Waals surface area contributed by atoms with Gasteiger partial charge >= 0.3 is 0 Å². The van der Waals surface area contributed by atoms with Crippen molar-refractivity contribution in [1.82, 2.24) is 10.3 Å². The first kappa shape index (κ1) is 14.9. The van der Waals surface area contributed by atoms with Gasteiger partial charge in [0.2, 0.25) is 0 Å². The average molecular weight is 316 g/mol. The van der Waals surface area contributed by atoms with Gasteiger partial charge in [0.05, 0.1) is 11.2 Å². The van der Waals surface area contributed by atoms with Crippen molar-refractivity contribution in [2.24, 2.45) is 0 Å². The van der Waals surface area contributed by atoms with Gasteiger partial charge in [0.1, 0.15) is 5.82 Å². The third-order valence-electron chi connectivity index (χ3n) is 2.33. The molecule has 0 bridgehead atoms. The lowest BCUT2D eigenvalue weighted by Gasteiger charge is -2.25. The first-order valence-electron chi connectivity index (χ1n) is 5.69. The minimum Gasteiger partial charge on any atom is -0.384 e. The normalized spacial score (nSPS) is 11.3. The van der Waals surface area contributed by atoms with Gasteiger partial charge in [-0.2, -0.15) is 0 Å². The van der Waals surface area contributed by atoms with Crippen molar-refractivity contribution in [1.29, 1.82) is 0 Å². The first-order valence-corrected chi connectivity index (χ1v) is 6.48. The second kappa shape index (κ2) is 6.15. The van der Waals surface area contributed by atoms with Gasteiger partial charge in [-0.25, -0.2) is 4.98 Å². The summed E-state index contributed by atoms with van der Waals surface area (Å²) in [4.78, 5) is 15.9. The van der Waals surface area contributed by atoms with Crippen LogP contribution in [0.2, 0.25) is 0 Å². The van der Waals surface area contributed by atoms with Crippen LogP contribution in [0.3, 0.4) is 0 Å². The Hall–Kier alpha value is -1.14. The maximum absolute atomic E-state index is 12.0. The second-order valence-corrected chi connectivity index (χ2v) is 5.32. The number of carbonyl (C=O) groups excluding carboxylic acids is 1. The summed E-state index contributed by atoms with van der Waals surface area (Å²) in [6.07, 6.45) is 1.51. The molecule has 0 saturated heterocycles. The molecule has 0 aliphatic carbocycles. The van der Waals surface area contributed by atoms with Gasteiger partial charge < -0.3 is 15.8 Å². The molecule has 1 heterocycles. The fourth-order valence-electron chi connectivity index (χ4n) is 1.46. The summed E-state index contributed by atoms with van der Waals surface area (Å²) in [6, 6.07) is 1.53. The van der Waals surface area contributed by atoms with Gasteiger partial charge in [0, 0.05) is 23.8 Å². The van der Waals surface area contributed by atoms with Gasteiger partial charge in [-0.05, 0) is 42.8 Å².